The molecule has 1 aromatic heterocycles. The zero-order valence-corrected chi connectivity index (χ0v) is 13.8. The Balaban J connectivity index is 1.70. The van der Waals surface area contributed by atoms with Crippen molar-refractivity contribution in [2.24, 2.45) is 0 Å². The maximum absolute atomic E-state index is 12.5. The van der Waals surface area contributed by atoms with Gasteiger partial charge < -0.3 is 14.0 Å². The fraction of sp³-hybridized carbons (Fsp3) is 0.111. The number of ether oxygens (including phenoxy) is 2. The van der Waals surface area contributed by atoms with Gasteiger partial charge in [0.25, 0.3) is 0 Å². The summed E-state index contributed by atoms with van der Waals surface area (Å²) in [6.07, 6.45) is 3.15. The summed E-state index contributed by atoms with van der Waals surface area (Å²) in [4.78, 5) is 24.9. The average molecular weight is 357 g/mol. The molecule has 0 radical (unpaired) electrons. The summed E-state index contributed by atoms with van der Waals surface area (Å²) in [7, 11) is 0. The summed E-state index contributed by atoms with van der Waals surface area (Å²) in [5.41, 5.74) is 0.196. The van der Waals surface area contributed by atoms with Gasteiger partial charge in [-0.1, -0.05) is 23.7 Å². The molecule has 0 saturated heterocycles. The average Bonchev–Trinajstić information content (AvgIpc) is 3.09. The van der Waals surface area contributed by atoms with Crippen LogP contribution in [0.25, 0.3) is 5.69 Å². The van der Waals surface area contributed by atoms with Gasteiger partial charge in [0.05, 0.1) is 12.2 Å². The Hall–Kier alpha value is -2.99. The smallest absolute Gasteiger partial charge is 0.320 e. The van der Waals surface area contributed by atoms with Gasteiger partial charge in [0.1, 0.15) is 0 Å². The molecule has 3 aromatic rings. The minimum atomic E-state index is -0.629. The van der Waals surface area contributed by atoms with Crippen LogP contribution >= 0.6 is 11.6 Å². The fourth-order valence-corrected chi connectivity index (χ4v) is 2.78. The third-order valence-corrected chi connectivity index (χ3v) is 4.21. The molecule has 0 atom stereocenters. The SMILES string of the molecule is O=c1c(=O)n(-c2ccc3c(c2)OCO3)ccn1Cc1ccc(Cl)cc1. The zero-order chi connectivity index (χ0) is 17.4. The van der Waals surface area contributed by atoms with Gasteiger partial charge in [-0.3, -0.25) is 14.2 Å². The molecule has 0 saturated carbocycles. The van der Waals surface area contributed by atoms with Crippen LogP contribution in [0.5, 0.6) is 11.5 Å². The monoisotopic (exact) mass is 356 g/mol. The first-order valence-electron chi connectivity index (χ1n) is 7.58. The molecule has 25 heavy (non-hydrogen) atoms. The highest BCUT2D eigenvalue weighted by Crippen LogP contribution is 2.33. The van der Waals surface area contributed by atoms with Crippen LogP contribution in [0, 0.1) is 0 Å². The van der Waals surface area contributed by atoms with Crippen molar-refractivity contribution in [3.05, 3.63) is 86.2 Å². The highest BCUT2D eigenvalue weighted by molar-refractivity contribution is 6.30. The lowest BCUT2D eigenvalue weighted by Crippen LogP contribution is -2.40. The van der Waals surface area contributed by atoms with E-state index in [1.807, 2.05) is 12.1 Å². The molecule has 0 aliphatic carbocycles. The van der Waals surface area contributed by atoms with E-state index in [9.17, 15) is 9.59 Å². The lowest BCUT2D eigenvalue weighted by Gasteiger charge is -2.10. The van der Waals surface area contributed by atoms with Crippen LogP contribution in [-0.4, -0.2) is 15.9 Å². The Labute approximate surface area is 147 Å². The van der Waals surface area contributed by atoms with Gasteiger partial charge in [-0.15, -0.1) is 0 Å². The summed E-state index contributed by atoms with van der Waals surface area (Å²) in [5, 5.41) is 0.620. The normalized spacial score (nSPS) is 12.4. The van der Waals surface area contributed by atoms with Crippen LogP contribution in [0.3, 0.4) is 0 Å². The summed E-state index contributed by atoms with van der Waals surface area (Å²) < 4.78 is 13.2. The third-order valence-electron chi connectivity index (χ3n) is 3.96. The first-order chi connectivity index (χ1) is 12.1. The van der Waals surface area contributed by atoms with E-state index in [2.05, 4.69) is 0 Å². The molecule has 0 fully saturated rings. The van der Waals surface area contributed by atoms with Crippen LogP contribution in [0.2, 0.25) is 5.02 Å². The molecule has 0 N–H and O–H groups in total. The van der Waals surface area contributed by atoms with Gasteiger partial charge in [-0.2, -0.15) is 0 Å². The number of benzene rings is 2. The third kappa shape index (κ3) is 2.92. The Morgan fingerprint density at radius 3 is 2.48 bits per heavy atom. The molecule has 0 bridgehead atoms. The highest BCUT2D eigenvalue weighted by Gasteiger charge is 2.15. The highest BCUT2D eigenvalue weighted by atomic mass is 35.5. The lowest BCUT2D eigenvalue weighted by molar-refractivity contribution is 0.174. The Morgan fingerprint density at radius 1 is 0.920 bits per heavy atom. The standard InChI is InChI=1S/C18H13ClN2O4/c19-13-3-1-12(2-4-13)10-20-7-8-21(18(23)17(20)22)14-5-6-15-16(9-14)25-11-24-15/h1-9H,10-11H2. The second kappa shape index (κ2) is 6.14. The summed E-state index contributed by atoms with van der Waals surface area (Å²) in [6.45, 7) is 0.448. The maximum Gasteiger partial charge on any atom is 0.320 e. The summed E-state index contributed by atoms with van der Waals surface area (Å²) in [6, 6.07) is 12.2. The second-order valence-corrected chi connectivity index (χ2v) is 6.01. The predicted octanol–water partition coefficient (Wildman–Crippen LogP) is 2.43. The molecular weight excluding hydrogens is 344 g/mol. The van der Waals surface area contributed by atoms with E-state index in [4.69, 9.17) is 21.1 Å². The first kappa shape index (κ1) is 15.5. The molecule has 1 aliphatic rings. The maximum atomic E-state index is 12.5. The van der Waals surface area contributed by atoms with Crippen LogP contribution in [-0.2, 0) is 6.54 Å². The zero-order valence-electron chi connectivity index (χ0n) is 13.0. The van der Waals surface area contributed by atoms with Crippen molar-refractivity contribution in [1.29, 1.82) is 0 Å². The van der Waals surface area contributed by atoms with Crippen LogP contribution in [0.15, 0.2) is 64.4 Å². The van der Waals surface area contributed by atoms with Gasteiger partial charge in [0.15, 0.2) is 11.5 Å². The van der Waals surface area contributed by atoms with Crippen molar-refractivity contribution < 1.29 is 9.47 Å². The molecule has 0 amide bonds. The fourth-order valence-electron chi connectivity index (χ4n) is 2.66. The topological polar surface area (TPSA) is 62.5 Å². The Morgan fingerprint density at radius 2 is 1.68 bits per heavy atom. The number of rotatable bonds is 3. The van der Waals surface area contributed by atoms with E-state index in [0.717, 1.165) is 5.56 Å². The molecular formula is C18H13ClN2O4. The van der Waals surface area contributed by atoms with Crippen LogP contribution in [0.1, 0.15) is 5.56 Å². The number of nitrogens with zero attached hydrogens (tertiary/aromatic N) is 2. The molecule has 126 valence electrons. The molecule has 6 nitrogen and oxygen atoms in total. The number of halogens is 1. The summed E-state index contributed by atoms with van der Waals surface area (Å²) in [5.74, 6) is 1.17. The molecule has 0 unspecified atom stereocenters. The molecule has 0 spiro atoms. The number of aromatic nitrogens is 2. The Kier molecular flexibility index (Phi) is 3.82. The summed E-state index contributed by atoms with van der Waals surface area (Å²) >= 11 is 5.86. The number of fused-ring (bicyclic) bond motifs is 1. The van der Waals surface area contributed by atoms with E-state index in [-0.39, 0.29) is 6.79 Å². The molecule has 2 aromatic carbocycles. The Bertz CT molecular complexity index is 1050. The van der Waals surface area contributed by atoms with Crippen LogP contribution in [0.4, 0.5) is 0 Å². The predicted molar refractivity (Wildman–Crippen MR) is 93.0 cm³/mol. The van der Waals surface area contributed by atoms with Gasteiger partial charge in [0.2, 0.25) is 6.79 Å². The van der Waals surface area contributed by atoms with Crippen molar-refractivity contribution >= 4 is 11.6 Å². The van der Waals surface area contributed by atoms with Crippen molar-refractivity contribution in [1.82, 2.24) is 9.13 Å². The molecule has 2 heterocycles. The quantitative estimate of drug-likeness (QED) is 0.676. The molecule has 4 rings (SSSR count). The number of hydrogen-bond donors (Lipinski definition) is 0. The van der Waals surface area contributed by atoms with E-state index >= 15 is 0 Å². The first-order valence-corrected chi connectivity index (χ1v) is 7.96. The van der Waals surface area contributed by atoms with Crippen molar-refractivity contribution in [2.75, 3.05) is 6.79 Å². The minimum Gasteiger partial charge on any atom is -0.454 e. The minimum absolute atomic E-state index is 0.149. The van der Waals surface area contributed by atoms with Crippen LogP contribution < -0.4 is 20.6 Å². The number of hydrogen-bond acceptors (Lipinski definition) is 4. The van der Waals surface area contributed by atoms with E-state index in [0.29, 0.717) is 28.8 Å². The molecule has 7 heteroatoms. The van der Waals surface area contributed by atoms with Gasteiger partial charge in [0, 0.05) is 23.5 Å². The second-order valence-electron chi connectivity index (χ2n) is 5.57. The van der Waals surface area contributed by atoms with Gasteiger partial charge in [-0.25, -0.2) is 0 Å². The van der Waals surface area contributed by atoms with E-state index in [1.165, 1.54) is 9.13 Å². The molecule has 1 aliphatic heterocycles. The van der Waals surface area contributed by atoms with Gasteiger partial charge >= 0.3 is 11.1 Å². The van der Waals surface area contributed by atoms with Crippen molar-refractivity contribution in [3.8, 4) is 17.2 Å². The van der Waals surface area contributed by atoms with E-state index < -0.39 is 11.1 Å². The largest absolute Gasteiger partial charge is 0.454 e. The lowest BCUT2D eigenvalue weighted by atomic mass is 10.2. The van der Waals surface area contributed by atoms with Gasteiger partial charge in [-0.05, 0) is 29.8 Å². The van der Waals surface area contributed by atoms with Crippen molar-refractivity contribution in [3.63, 3.8) is 0 Å². The van der Waals surface area contributed by atoms with E-state index in [1.54, 1.807) is 42.7 Å². The van der Waals surface area contributed by atoms with Crippen molar-refractivity contribution in [2.45, 2.75) is 6.54 Å².